The van der Waals surface area contributed by atoms with Gasteiger partial charge in [0.1, 0.15) is 0 Å². The lowest BCUT2D eigenvalue weighted by Gasteiger charge is -2.37. The van der Waals surface area contributed by atoms with E-state index in [-0.39, 0.29) is 0 Å². The van der Waals surface area contributed by atoms with E-state index in [2.05, 4.69) is 29.4 Å². The number of hydrogen-bond donors (Lipinski definition) is 1. The van der Waals surface area contributed by atoms with Gasteiger partial charge in [0, 0.05) is 30.3 Å². The fraction of sp³-hybridized carbons (Fsp3) is 0.538. The summed E-state index contributed by atoms with van der Waals surface area (Å²) in [6.45, 7) is 0.868. The van der Waals surface area contributed by atoms with Crippen LogP contribution in [0, 0.1) is 0 Å². The second kappa shape index (κ2) is 5.07. The molecule has 3 heteroatoms. The van der Waals surface area contributed by atoms with E-state index in [0.717, 1.165) is 17.6 Å². The summed E-state index contributed by atoms with van der Waals surface area (Å²) in [5.41, 5.74) is 2.59. The Morgan fingerprint density at radius 3 is 2.75 bits per heavy atom. The lowest BCUT2D eigenvalue weighted by molar-refractivity contribution is 0.400. The lowest BCUT2D eigenvalue weighted by Crippen LogP contribution is -2.37. The molecule has 0 spiro atoms. The number of anilines is 1. The van der Waals surface area contributed by atoms with Crippen LogP contribution in [0.4, 0.5) is 5.69 Å². The molecule has 0 unspecified atom stereocenters. The smallest absolute Gasteiger partial charge is 0.0412 e. The van der Waals surface area contributed by atoms with Crippen molar-refractivity contribution in [2.75, 3.05) is 19.0 Å². The maximum absolute atomic E-state index is 6.04. The van der Waals surface area contributed by atoms with Crippen LogP contribution in [-0.2, 0) is 6.54 Å². The molecule has 0 heterocycles. The van der Waals surface area contributed by atoms with Crippen molar-refractivity contribution in [2.24, 2.45) is 0 Å². The number of hydrogen-bond acceptors (Lipinski definition) is 2. The van der Waals surface area contributed by atoms with Crippen molar-refractivity contribution in [3.05, 3.63) is 28.8 Å². The molecule has 0 aromatic heterocycles. The van der Waals surface area contributed by atoms with Gasteiger partial charge in [-0.15, -0.1) is 0 Å². The zero-order chi connectivity index (χ0) is 11.5. The quantitative estimate of drug-likeness (QED) is 0.868. The molecule has 2 rings (SSSR count). The molecule has 0 radical (unpaired) electrons. The van der Waals surface area contributed by atoms with Crippen LogP contribution in [0.5, 0.6) is 0 Å². The molecule has 0 bridgehead atoms. The molecule has 0 aliphatic heterocycles. The van der Waals surface area contributed by atoms with Gasteiger partial charge in [-0.25, -0.2) is 0 Å². The van der Waals surface area contributed by atoms with Gasteiger partial charge in [0.15, 0.2) is 0 Å². The van der Waals surface area contributed by atoms with Gasteiger partial charge >= 0.3 is 0 Å². The Balaban J connectivity index is 2.23. The minimum atomic E-state index is 0.719. The van der Waals surface area contributed by atoms with Crippen molar-refractivity contribution in [1.29, 1.82) is 0 Å². The third kappa shape index (κ3) is 2.33. The largest absolute Gasteiger partial charge is 0.371 e. The van der Waals surface area contributed by atoms with Crippen molar-refractivity contribution >= 4 is 17.3 Å². The van der Waals surface area contributed by atoms with Crippen molar-refractivity contribution in [1.82, 2.24) is 5.32 Å². The van der Waals surface area contributed by atoms with Gasteiger partial charge in [-0.1, -0.05) is 11.6 Å². The molecule has 1 saturated carbocycles. The summed E-state index contributed by atoms with van der Waals surface area (Å²) in [5, 5.41) is 4.01. The zero-order valence-electron chi connectivity index (χ0n) is 9.96. The highest BCUT2D eigenvalue weighted by atomic mass is 35.5. The highest BCUT2D eigenvalue weighted by molar-refractivity contribution is 6.30. The lowest BCUT2D eigenvalue weighted by atomic mass is 9.91. The van der Waals surface area contributed by atoms with Crippen LogP contribution in [0.15, 0.2) is 18.2 Å². The van der Waals surface area contributed by atoms with E-state index in [9.17, 15) is 0 Å². The zero-order valence-corrected chi connectivity index (χ0v) is 10.7. The molecule has 2 nitrogen and oxygen atoms in total. The van der Waals surface area contributed by atoms with Crippen LogP contribution in [0.25, 0.3) is 0 Å². The topological polar surface area (TPSA) is 15.3 Å². The fourth-order valence-electron chi connectivity index (χ4n) is 2.20. The van der Waals surface area contributed by atoms with Crippen LogP contribution >= 0.6 is 11.6 Å². The summed E-state index contributed by atoms with van der Waals surface area (Å²) >= 11 is 6.04. The summed E-state index contributed by atoms with van der Waals surface area (Å²) in [7, 11) is 4.15. The van der Waals surface area contributed by atoms with E-state index in [1.54, 1.807) is 0 Å². The van der Waals surface area contributed by atoms with Gasteiger partial charge in [0.2, 0.25) is 0 Å². The predicted molar refractivity (Wildman–Crippen MR) is 70.3 cm³/mol. The summed E-state index contributed by atoms with van der Waals surface area (Å²) in [6, 6.07) is 6.89. The third-order valence-corrected chi connectivity index (χ3v) is 3.65. The molecule has 1 aromatic rings. The van der Waals surface area contributed by atoms with Gasteiger partial charge in [0.25, 0.3) is 0 Å². The van der Waals surface area contributed by atoms with Gasteiger partial charge < -0.3 is 10.2 Å². The van der Waals surface area contributed by atoms with E-state index >= 15 is 0 Å². The number of nitrogens with one attached hydrogen (secondary N) is 1. The second-order valence-electron chi connectivity index (χ2n) is 4.50. The summed E-state index contributed by atoms with van der Waals surface area (Å²) in [6.07, 6.45) is 4.00. The number of halogens is 1. The maximum Gasteiger partial charge on any atom is 0.0412 e. The standard InChI is InChI=1S/C13H19ClN2/c1-15-9-10-8-11(14)6-7-13(10)16(2)12-4-3-5-12/h6-8,12,15H,3-5,9H2,1-2H3. The molecular weight excluding hydrogens is 220 g/mol. The van der Waals surface area contributed by atoms with Crippen LogP contribution in [0.1, 0.15) is 24.8 Å². The molecule has 1 aliphatic rings. The van der Waals surface area contributed by atoms with Crippen molar-refractivity contribution in [3.8, 4) is 0 Å². The highest BCUT2D eigenvalue weighted by Gasteiger charge is 2.23. The van der Waals surface area contributed by atoms with Crippen LogP contribution in [0.2, 0.25) is 5.02 Å². The molecule has 1 aromatic carbocycles. The van der Waals surface area contributed by atoms with Gasteiger partial charge in [-0.3, -0.25) is 0 Å². The van der Waals surface area contributed by atoms with Gasteiger partial charge in [0.05, 0.1) is 0 Å². The molecular formula is C13H19ClN2. The molecule has 0 atom stereocenters. The molecule has 1 fully saturated rings. The minimum Gasteiger partial charge on any atom is -0.371 e. The average Bonchev–Trinajstić information content (AvgIpc) is 2.15. The Labute approximate surface area is 103 Å². The van der Waals surface area contributed by atoms with E-state index in [1.807, 2.05) is 13.1 Å². The molecule has 0 saturated heterocycles. The molecule has 88 valence electrons. The minimum absolute atomic E-state index is 0.719. The molecule has 16 heavy (non-hydrogen) atoms. The Bertz CT molecular complexity index is 361. The van der Waals surface area contributed by atoms with E-state index in [4.69, 9.17) is 11.6 Å². The van der Waals surface area contributed by atoms with Crippen molar-refractivity contribution < 1.29 is 0 Å². The van der Waals surface area contributed by atoms with E-state index in [1.165, 1.54) is 30.5 Å². The molecule has 0 amide bonds. The number of nitrogens with zero attached hydrogens (tertiary/aromatic N) is 1. The highest BCUT2D eigenvalue weighted by Crippen LogP contribution is 2.31. The number of benzene rings is 1. The fourth-order valence-corrected chi connectivity index (χ4v) is 2.40. The van der Waals surface area contributed by atoms with Gasteiger partial charge in [-0.2, -0.15) is 0 Å². The Hall–Kier alpha value is -0.730. The first-order valence-corrected chi connectivity index (χ1v) is 6.26. The summed E-state index contributed by atoms with van der Waals surface area (Å²) < 4.78 is 0. The Kier molecular flexibility index (Phi) is 3.72. The normalized spacial score (nSPS) is 15.9. The summed E-state index contributed by atoms with van der Waals surface area (Å²) in [4.78, 5) is 2.40. The van der Waals surface area contributed by atoms with Crippen LogP contribution in [0.3, 0.4) is 0 Å². The maximum atomic E-state index is 6.04. The molecule has 1 N–H and O–H groups in total. The van der Waals surface area contributed by atoms with Crippen LogP contribution in [-0.4, -0.2) is 20.1 Å². The van der Waals surface area contributed by atoms with Crippen LogP contribution < -0.4 is 10.2 Å². The predicted octanol–water partition coefficient (Wildman–Crippen LogP) is 3.05. The van der Waals surface area contributed by atoms with Crippen molar-refractivity contribution in [2.45, 2.75) is 31.8 Å². The van der Waals surface area contributed by atoms with E-state index < -0.39 is 0 Å². The molecule has 1 aliphatic carbocycles. The third-order valence-electron chi connectivity index (χ3n) is 3.41. The Morgan fingerprint density at radius 1 is 1.44 bits per heavy atom. The second-order valence-corrected chi connectivity index (χ2v) is 4.94. The van der Waals surface area contributed by atoms with Gasteiger partial charge in [-0.05, 0) is 50.1 Å². The van der Waals surface area contributed by atoms with Crippen molar-refractivity contribution in [3.63, 3.8) is 0 Å². The first kappa shape index (κ1) is 11.7. The Morgan fingerprint density at radius 2 is 2.19 bits per heavy atom. The van der Waals surface area contributed by atoms with E-state index in [0.29, 0.717) is 0 Å². The average molecular weight is 239 g/mol. The monoisotopic (exact) mass is 238 g/mol. The first-order chi connectivity index (χ1) is 7.72. The number of rotatable bonds is 4. The summed E-state index contributed by atoms with van der Waals surface area (Å²) in [5.74, 6) is 0. The first-order valence-electron chi connectivity index (χ1n) is 5.88. The SMILES string of the molecule is CNCc1cc(Cl)ccc1N(C)C1CCC1.